The number of amides is 4. The molecule has 7 nitrogen and oxygen atoms in total. The number of alkyl halides is 2. The molecule has 3 aromatic rings. The largest absolute Gasteiger partial charge is 0.508 e. The molecule has 42 heavy (non-hydrogen) atoms. The van der Waals surface area contributed by atoms with Gasteiger partial charge in [-0.25, -0.2) is 9.29 Å². The van der Waals surface area contributed by atoms with Crippen LogP contribution in [-0.4, -0.2) is 38.5 Å². The summed E-state index contributed by atoms with van der Waals surface area (Å²) < 4.78 is 13.7. The van der Waals surface area contributed by atoms with Crippen LogP contribution in [0.25, 0.3) is 0 Å². The van der Waals surface area contributed by atoms with Gasteiger partial charge < -0.3 is 5.11 Å². The zero-order valence-electron chi connectivity index (χ0n) is 21.9. The van der Waals surface area contributed by atoms with Gasteiger partial charge >= 0.3 is 0 Å². The molecule has 4 amide bonds. The van der Waals surface area contributed by atoms with E-state index in [1.165, 1.54) is 29.2 Å². The van der Waals surface area contributed by atoms with Gasteiger partial charge in [-0.15, -0.1) is 23.2 Å². The molecule has 6 atom stereocenters. The van der Waals surface area contributed by atoms with E-state index in [4.69, 9.17) is 23.2 Å². The lowest BCUT2D eigenvalue weighted by Crippen LogP contribution is -2.60. The van der Waals surface area contributed by atoms with Crippen molar-refractivity contribution in [3.8, 4) is 5.75 Å². The summed E-state index contributed by atoms with van der Waals surface area (Å²) in [5.74, 6) is -5.98. The maximum atomic E-state index is 14.3. The van der Waals surface area contributed by atoms with Gasteiger partial charge in [0.05, 0.1) is 23.2 Å². The van der Waals surface area contributed by atoms with E-state index >= 15 is 0 Å². The number of benzene rings is 3. The van der Waals surface area contributed by atoms with Gasteiger partial charge in [-0.1, -0.05) is 42.0 Å². The van der Waals surface area contributed by atoms with E-state index in [9.17, 15) is 28.7 Å². The molecule has 212 valence electrons. The van der Waals surface area contributed by atoms with Crippen molar-refractivity contribution in [3.05, 3.63) is 102 Å². The number of phenolic OH excluding ortho intramolecular Hbond substituents is 1. The van der Waals surface area contributed by atoms with Crippen LogP contribution in [0.2, 0.25) is 0 Å². The molecule has 7 rings (SSSR count). The average molecular weight is 605 g/mol. The van der Waals surface area contributed by atoms with Gasteiger partial charge in [0.15, 0.2) is 9.75 Å². The highest BCUT2D eigenvalue weighted by Gasteiger charge is 2.76. The van der Waals surface area contributed by atoms with Crippen LogP contribution >= 0.6 is 23.2 Å². The van der Waals surface area contributed by atoms with E-state index in [-0.39, 0.29) is 30.2 Å². The molecule has 10 heteroatoms. The maximum Gasteiger partial charge on any atom is 0.258 e. The van der Waals surface area contributed by atoms with Crippen LogP contribution in [0.15, 0.2) is 90.5 Å². The van der Waals surface area contributed by atoms with Crippen molar-refractivity contribution in [2.75, 3.05) is 9.80 Å². The number of aromatic hydroxyl groups is 1. The Hall–Kier alpha value is -4.01. The summed E-state index contributed by atoms with van der Waals surface area (Å²) in [4.78, 5) is 54.1. The van der Waals surface area contributed by atoms with Gasteiger partial charge in [-0.3, -0.25) is 24.1 Å². The quantitative estimate of drug-likeness (QED) is 0.249. The second kappa shape index (κ2) is 9.24. The third-order valence-corrected chi connectivity index (χ3v) is 10.6. The van der Waals surface area contributed by atoms with Crippen LogP contribution in [0.3, 0.4) is 0 Å². The number of rotatable bonds is 3. The highest BCUT2D eigenvalue weighted by atomic mass is 35.5. The number of fused-ring (bicyclic) bond motifs is 4. The topological polar surface area (TPSA) is 95.0 Å². The smallest absolute Gasteiger partial charge is 0.258 e. The summed E-state index contributed by atoms with van der Waals surface area (Å²) in [7, 11) is 0. The second-order valence-corrected chi connectivity index (χ2v) is 12.4. The fourth-order valence-electron chi connectivity index (χ4n) is 7.27. The van der Waals surface area contributed by atoms with Gasteiger partial charge in [0, 0.05) is 5.92 Å². The SMILES string of the molecule is O=C1[C@H]2[C@H](CC=C3[C@H]2C[C@@]2(Cl)C(=O)N(c4ccc(F)cc4)C(=O)[C@@]2(Cl)[C@H]3c2ccc(O)cc2)C(=O)N1c1ccccc1. The Morgan fingerprint density at radius 1 is 0.762 bits per heavy atom. The summed E-state index contributed by atoms with van der Waals surface area (Å²) in [5.41, 5.74) is 1.73. The van der Waals surface area contributed by atoms with Gasteiger partial charge in [0.25, 0.3) is 11.8 Å². The van der Waals surface area contributed by atoms with Crippen LogP contribution in [0, 0.1) is 23.6 Å². The number of hydrogen-bond donors (Lipinski definition) is 1. The van der Waals surface area contributed by atoms with Gasteiger partial charge in [-0.2, -0.15) is 0 Å². The summed E-state index contributed by atoms with van der Waals surface area (Å²) in [6.07, 6.45) is 1.93. The van der Waals surface area contributed by atoms with Crippen molar-refractivity contribution < 1.29 is 28.7 Å². The minimum absolute atomic E-state index is 0.0126. The van der Waals surface area contributed by atoms with Gasteiger partial charge in [-0.05, 0) is 72.9 Å². The molecule has 0 radical (unpaired) electrons. The fraction of sp³-hybridized carbons (Fsp3) is 0.250. The van der Waals surface area contributed by atoms with Crippen LogP contribution < -0.4 is 9.80 Å². The second-order valence-electron chi connectivity index (χ2n) is 11.2. The summed E-state index contributed by atoms with van der Waals surface area (Å²) in [5, 5.41) is 10.0. The number of anilines is 2. The first-order valence-electron chi connectivity index (χ1n) is 13.5. The fourth-order valence-corrected chi connectivity index (χ4v) is 8.21. The lowest BCUT2D eigenvalue weighted by atomic mass is 9.56. The summed E-state index contributed by atoms with van der Waals surface area (Å²) >= 11 is 14.6. The minimum atomic E-state index is -2.02. The zero-order valence-corrected chi connectivity index (χ0v) is 23.4. The van der Waals surface area contributed by atoms with E-state index in [2.05, 4.69) is 0 Å². The third-order valence-electron chi connectivity index (χ3n) is 9.14. The third kappa shape index (κ3) is 3.45. The zero-order chi connectivity index (χ0) is 29.6. The molecule has 2 aliphatic carbocycles. The van der Waals surface area contributed by atoms with Crippen LogP contribution in [0.4, 0.5) is 15.8 Å². The molecule has 0 unspecified atom stereocenters. The molecule has 1 N–H and O–H groups in total. The Morgan fingerprint density at radius 3 is 2.07 bits per heavy atom. The summed E-state index contributed by atoms with van der Waals surface area (Å²) in [6, 6.07) is 19.6. The Bertz CT molecular complexity index is 1700. The van der Waals surface area contributed by atoms with Gasteiger partial charge in [0.1, 0.15) is 11.6 Å². The number of nitrogens with zero attached hydrogens (tertiary/aromatic N) is 2. The molecule has 0 aromatic heterocycles. The molecule has 0 bridgehead atoms. The first-order chi connectivity index (χ1) is 20.1. The maximum absolute atomic E-state index is 14.3. The molecule has 3 fully saturated rings. The Morgan fingerprint density at radius 2 is 1.40 bits per heavy atom. The van der Waals surface area contributed by atoms with Crippen molar-refractivity contribution in [2.24, 2.45) is 17.8 Å². The number of imide groups is 2. The molecular formula is C32H23Cl2FN2O5. The number of hydrogen-bond acceptors (Lipinski definition) is 5. The van der Waals surface area contributed by atoms with E-state index < -0.39 is 57.0 Å². The van der Waals surface area contributed by atoms with E-state index in [1.807, 2.05) is 6.08 Å². The van der Waals surface area contributed by atoms with Gasteiger partial charge in [0.2, 0.25) is 11.8 Å². The predicted octanol–water partition coefficient (Wildman–Crippen LogP) is 5.30. The van der Waals surface area contributed by atoms with Crippen LogP contribution in [-0.2, 0) is 19.2 Å². The van der Waals surface area contributed by atoms with Crippen LogP contribution in [0.1, 0.15) is 24.3 Å². The van der Waals surface area contributed by atoms with Crippen LogP contribution in [0.5, 0.6) is 5.75 Å². The molecule has 4 aliphatic rings. The van der Waals surface area contributed by atoms with Crippen molar-refractivity contribution in [1.29, 1.82) is 0 Å². The van der Waals surface area contributed by atoms with E-state index in [1.54, 1.807) is 42.5 Å². The highest BCUT2D eigenvalue weighted by molar-refractivity contribution is 6.58. The standard InChI is InChI=1S/C32H23Cl2FN2O5/c33-31-16-24-22(14-15-23-25(24)28(40)36(27(23)39)19-4-2-1-3-5-19)26(17-6-12-21(38)13-7-17)32(31,34)30(42)37(29(31)41)20-10-8-18(35)9-11-20/h1-14,23-26,38H,15-16H2/t23-,24+,25-,26-,31+,32-/m0/s1. The number of carbonyl (C=O) groups excluding carboxylic acids is 4. The predicted molar refractivity (Wildman–Crippen MR) is 154 cm³/mol. The molecular weight excluding hydrogens is 582 g/mol. The number of para-hydroxylation sites is 1. The highest BCUT2D eigenvalue weighted by Crippen LogP contribution is 2.65. The van der Waals surface area contributed by atoms with Crippen molar-refractivity contribution in [3.63, 3.8) is 0 Å². The molecule has 0 spiro atoms. The van der Waals surface area contributed by atoms with E-state index in [0.717, 1.165) is 17.0 Å². The first kappa shape index (κ1) is 26.9. The average Bonchev–Trinajstić information content (AvgIpc) is 3.32. The normalized spacial score (nSPS) is 32.0. The lowest BCUT2D eigenvalue weighted by molar-refractivity contribution is -0.125. The monoisotopic (exact) mass is 604 g/mol. The Labute approximate surface area is 250 Å². The van der Waals surface area contributed by atoms with Crippen molar-refractivity contribution in [1.82, 2.24) is 0 Å². The first-order valence-corrected chi connectivity index (χ1v) is 14.3. The van der Waals surface area contributed by atoms with Crippen molar-refractivity contribution >= 4 is 58.2 Å². The number of halogens is 3. The Balaban J connectivity index is 1.39. The number of carbonyl (C=O) groups is 4. The minimum Gasteiger partial charge on any atom is -0.508 e. The van der Waals surface area contributed by atoms with E-state index in [0.29, 0.717) is 16.8 Å². The Kier molecular flexibility index (Phi) is 5.91. The number of phenols is 1. The van der Waals surface area contributed by atoms with Crippen molar-refractivity contribution in [2.45, 2.75) is 28.5 Å². The number of allylic oxidation sites excluding steroid dienone is 2. The summed E-state index contributed by atoms with van der Waals surface area (Å²) in [6.45, 7) is 0. The molecule has 2 saturated heterocycles. The molecule has 1 saturated carbocycles. The lowest BCUT2D eigenvalue weighted by Gasteiger charge is -2.50. The molecule has 3 aromatic carbocycles. The molecule has 2 heterocycles. The molecule has 2 aliphatic heterocycles.